The normalized spacial score (nSPS) is 25.6. The largest absolute Gasteiger partial charge is 0.461 e. The summed E-state index contributed by atoms with van der Waals surface area (Å²) >= 11 is 0. The number of ketones is 2. The van der Waals surface area contributed by atoms with Gasteiger partial charge in [0.05, 0.1) is 5.92 Å². The molecule has 1 heterocycles. The lowest BCUT2D eigenvalue weighted by Gasteiger charge is -2.36. The van der Waals surface area contributed by atoms with Crippen LogP contribution in [0.25, 0.3) is 0 Å². The van der Waals surface area contributed by atoms with Crippen LogP contribution in [0.2, 0.25) is 0 Å². The Balaban J connectivity index is 1.73. The highest BCUT2D eigenvalue weighted by atomic mass is 16.5. The van der Waals surface area contributed by atoms with Gasteiger partial charge in [0.1, 0.15) is 18.3 Å². The quantitative estimate of drug-likeness (QED) is 0.310. The van der Waals surface area contributed by atoms with Crippen molar-refractivity contribution in [1.29, 1.82) is 0 Å². The molecule has 4 atom stereocenters. The molecule has 2 fully saturated rings. The summed E-state index contributed by atoms with van der Waals surface area (Å²) in [4.78, 5) is 61.5. The fourth-order valence-corrected chi connectivity index (χ4v) is 4.78. The third kappa shape index (κ3) is 6.09. The van der Waals surface area contributed by atoms with Crippen LogP contribution in [-0.2, 0) is 23.9 Å². The van der Waals surface area contributed by atoms with Gasteiger partial charge in [0.15, 0.2) is 5.78 Å². The Hall–Kier alpha value is -2.83. The summed E-state index contributed by atoms with van der Waals surface area (Å²) in [6.45, 7) is 3.94. The molecule has 1 saturated heterocycles. The van der Waals surface area contributed by atoms with Crippen LogP contribution in [0.15, 0.2) is 30.3 Å². The zero-order valence-corrected chi connectivity index (χ0v) is 18.0. The van der Waals surface area contributed by atoms with Gasteiger partial charge in [0.25, 0.3) is 0 Å². The number of hydrogen-bond acceptors (Lipinski definition) is 6. The number of nitrogens with one attached hydrogen (secondary N) is 1. The lowest BCUT2D eigenvalue weighted by molar-refractivity contribution is -0.156. The molecule has 0 unspecified atom stereocenters. The molecule has 1 aliphatic heterocycles. The average Bonchev–Trinajstić information content (AvgIpc) is 2.70. The second-order valence-corrected chi connectivity index (χ2v) is 8.96. The SMILES string of the molecule is C[C@@H]1C[C@@H]([C@@H](CC2CC(=O)NC(=O)C2)OC(=O)CC(=O)c2ccccc2)C(=O)[C@@H](C)C1. The molecule has 2 aliphatic rings. The van der Waals surface area contributed by atoms with Gasteiger partial charge in [-0.3, -0.25) is 29.3 Å². The topological polar surface area (TPSA) is 107 Å². The average molecular weight is 427 g/mol. The molecule has 1 N–H and O–H groups in total. The molecule has 0 bridgehead atoms. The number of rotatable bonds is 7. The molecule has 1 saturated carbocycles. The molecule has 166 valence electrons. The van der Waals surface area contributed by atoms with Gasteiger partial charge in [0, 0.05) is 24.3 Å². The molecule has 2 amide bonds. The maximum atomic E-state index is 12.9. The molecule has 0 aromatic heterocycles. The number of Topliss-reactive ketones (excluding diaryl/α,β-unsaturated/α-hetero) is 2. The fraction of sp³-hybridized carbons (Fsp3) is 0.542. The summed E-state index contributed by atoms with van der Waals surface area (Å²) in [5, 5.41) is 2.27. The summed E-state index contributed by atoms with van der Waals surface area (Å²) in [7, 11) is 0. The number of benzene rings is 1. The molecule has 0 spiro atoms. The second-order valence-electron chi connectivity index (χ2n) is 8.96. The Bertz CT molecular complexity index is 848. The van der Waals surface area contributed by atoms with Crippen LogP contribution in [0.4, 0.5) is 0 Å². The van der Waals surface area contributed by atoms with Gasteiger partial charge in [-0.2, -0.15) is 0 Å². The van der Waals surface area contributed by atoms with Gasteiger partial charge in [-0.25, -0.2) is 0 Å². The number of esters is 1. The first-order valence-electron chi connectivity index (χ1n) is 10.9. The van der Waals surface area contributed by atoms with Gasteiger partial charge in [-0.1, -0.05) is 44.2 Å². The van der Waals surface area contributed by atoms with E-state index >= 15 is 0 Å². The smallest absolute Gasteiger partial charge is 0.313 e. The zero-order valence-electron chi connectivity index (χ0n) is 18.0. The van der Waals surface area contributed by atoms with Crippen LogP contribution in [0.5, 0.6) is 0 Å². The lowest BCUT2D eigenvalue weighted by atomic mass is 9.71. The van der Waals surface area contributed by atoms with Crippen LogP contribution in [-0.4, -0.2) is 35.5 Å². The van der Waals surface area contributed by atoms with Crippen LogP contribution in [0.3, 0.4) is 0 Å². The molecule has 1 aromatic carbocycles. The minimum absolute atomic E-state index is 0.0388. The summed E-state index contributed by atoms with van der Waals surface area (Å²) in [5.74, 6) is -2.36. The standard InChI is InChI=1S/C24H29NO6/c1-14-8-15(2)24(30)18(9-14)20(10-16-11-21(27)25-22(28)12-16)31-23(29)13-19(26)17-6-4-3-5-7-17/h3-7,14-16,18,20H,8-13H2,1-2H3,(H,25,27,28)/t14-,15-,18-,20+/m0/s1. The minimum atomic E-state index is -0.752. The van der Waals surface area contributed by atoms with E-state index in [1.54, 1.807) is 30.3 Å². The Labute approximate surface area is 181 Å². The van der Waals surface area contributed by atoms with Crippen molar-refractivity contribution in [1.82, 2.24) is 5.32 Å². The Morgan fingerprint density at radius 3 is 2.32 bits per heavy atom. The molecule has 1 aliphatic carbocycles. The van der Waals surface area contributed by atoms with Crippen molar-refractivity contribution in [3.8, 4) is 0 Å². The van der Waals surface area contributed by atoms with Crippen LogP contribution in [0.1, 0.15) is 62.7 Å². The van der Waals surface area contributed by atoms with Crippen molar-refractivity contribution in [3.05, 3.63) is 35.9 Å². The van der Waals surface area contributed by atoms with E-state index < -0.39 is 24.4 Å². The molecule has 0 radical (unpaired) electrons. The predicted octanol–water partition coefficient (Wildman–Crippen LogP) is 2.87. The summed E-state index contributed by atoms with van der Waals surface area (Å²) < 4.78 is 5.70. The van der Waals surface area contributed by atoms with E-state index in [1.807, 2.05) is 6.92 Å². The summed E-state index contributed by atoms with van der Waals surface area (Å²) in [5.41, 5.74) is 0.418. The van der Waals surface area contributed by atoms with Gasteiger partial charge < -0.3 is 4.74 Å². The summed E-state index contributed by atoms with van der Waals surface area (Å²) in [6, 6.07) is 8.48. The lowest BCUT2D eigenvalue weighted by Crippen LogP contribution is -2.44. The Kier molecular flexibility index (Phi) is 7.36. The van der Waals surface area contributed by atoms with E-state index in [4.69, 9.17) is 4.74 Å². The van der Waals surface area contributed by atoms with Gasteiger partial charge in [-0.05, 0) is 31.1 Å². The van der Waals surface area contributed by atoms with Crippen molar-refractivity contribution >= 4 is 29.4 Å². The van der Waals surface area contributed by atoms with E-state index in [0.29, 0.717) is 17.9 Å². The molecule has 1 aromatic rings. The molecule has 3 rings (SSSR count). The number of ether oxygens (including phenoxy) is 1. The van der Waals surface area contributed by atoms with Gasteiger partial charge in [0.2, 0.25) is 11.8 Å². The molecular formula is C24H29NO6. The Morgan fingerprint density at radius 2 is 1.68 bits per heavy atom. The van der Waals surface area contributed by atoms with Crippen molar-refractivity contribution < 1.29 is 28.7 Å². The zero-order chi connectivity index (χ0) is 22.5. The molecule has 31 heavy (non-hydrogen) atoms. The van der Waals surface area contributed by atoms with Gasteiger partial charge in [-0.15, -0.1) is 0 Å². The minimum Gasteiger partial charge on any atom is -0.461 e. The third-order valence-electron chi connectivity index (χ3n) is 6.19. The number of carbonyl (C=O) groups excluding carboxylic acids is 5. The first kappa shape index (κ1) is 22.8. The maximum absolute atomic E-state index is 12.9. The van der Waals surface area contributed by atoms with Crippen LogP contribution >= 0.6 is 0 Å². The van der Waals surface area contributed by atoms with E-state index in [0.717, 1.165) is 6.42 Å². The fourth-order valence-electron chi connectivity index (χ4n) is 4.78. The first-order chi connectivity index (χ1) is 14.7. The highest BCUT2D eigenvalue weighted by Crippen LogP contribution is 2.36. The molecular weight excluding hydrogens is 398 g/mol. The van der Waals surface area contributed by atoms with Crippen molar-refractivity contribution in [2.75, 3.05) is 0 Å². The van der Waals surface area contributed by atoms with E-state index in [2.05, 4.69) is 12.2 Å². The number of imide groups is 1. The molecule has 7 nitrogen and oxygen atoms in total. The molecule has 7 heteroatoms. The first-order valence-corrected chi connectivity index (χ1v) is 10.9. The van der Waals surface area contributed by atoms with E-state index in [9.17, 15) is 24.0 Å². The van der Waals surface area contributed by atoms with Crippen LogP contribution < -0.4 is 5.32 Å². The number of piperidine rings is 1. The third-order valence-corrected chi connectivity index (χ3v) is 6.19. The van der Waals surface area contributed by atoms with Crippen molar-refractivity contribution in [2.45, 2.75) is 58.5 Å². The Morgan fingerprint density at radius 1 is 1.03 bits per heavy atom. The highest BCUT2D eigenvalue weighted by molar-refractivity contribution is 6.06. The summed E-state index contributed by atoms with van der Waals surface area (Å²) in [6.07, 6.45) is 0.742. The predicted molar refractivity (Wildman–Crippen MR) is 112 cm³/mol. The highest BCUT2D eigenvalue weighted by Gasteiger charge is 2.41. The van der Waals surface area contributed by atoms with E-state index in [-0.39, 0.29) is 54.5 Å². The van der Waals surface area contributed by atoms with Crippen molar-refractivity contribution in [3.63, 3.8) is 0 Å². The maximum Gasteiger partial charge on any atom is 0.313 e. The number of carbonyl (C=O) groups is 5. The van der Waals surface area contributed by atoms with E-state index in [1.165, 1.54) is 0 Å². The number of amides is 2. The second kappa shape index (κ2) is 9.98. The van der Waals surface area contributed by atoms with Crippen LogP contribution in [0, 0.1) is 23.7 Å². The van der Waals surface area contributed by atoms with Crippen molar-refractivity contribution in [2.24, 2.45) is 23.7 Å². The van der Waals surface area contributed by atoms with Gasteiger partial charge >= 0.3 is 5.97 Å². The monoisotopic (exact) mass is 427 g/mol. The number of hydrogen-bond donors (Lipinski definition) is 1.